The maximum Gasteiger partial charge on any atom is 0.241 e. The number of hydrogen-bond donors (Lipinski definition) is 0. The lowest BCUT2D eigenvalue weighted by Gasteiger charge is -2.36. The van der Waals surface area contributed by atoms with Crippen LogP contribution in [0.5, 0.6) is 5.75 Å². The summed E-state index contributed by atoms with van der Waals surface area (Å²) in [6.45, 7) is 3.53. The van der Waals surface area contributed by atoms with Crippen molar-refractivity contribution in [1.82, 2.24) is 15.0 Å². The van der Waals surface area contributed by atoms with Crippen molar-refractivity contribution in [2.75, 3.05) is 38.2 Å². The van der Waals surface area contributed by atoms with Gasteiger partial charge in [-0.3, -0.25) is 4.90 Å². The Balaban J connectivity index is 1.40. The first kappa shape index (κ1) is 19.4. The number of nitrogens with zero attached hydrogens (tertiary/aromatic N) is 6. The Hall–Kier alpha value is -3.88. The van der Waals surface area contributed by atoms with Crippen molar-refractivity contribution in [2.24, 2.45) is 0 Å². The number of aromatic nitrogens is 2. The first-order valence-electron chi connectivity index (χ1n) is 9.59. The molecule has 1 aromatic heterocycles. The Bertz CT molecular complexity index is 1070. The first-order chi connectivity index (χ1) is 14.7. The average Bonchev–Trinajstić information content (AvgIpc) is 3.27. The van der Waals surface area contributed by atoms with Gasteiger partial charge in [0, 0.05) is 31.7 Å². The van der Waals surface area contributed by atoms with Crippen LogP contribution in [-0.4, -0.2) is 48.3 Å². The van der Waals surface area contributed by atoms with Crippen molar-refractivity contribution in [2.45, 2.75) is 6.54 Å². The van der Waals surface area contributed by atoms with Gasteiger partial charge in [-0.2, -0.15) is 15.5 Å². The van der Waals surface area contributed by atoms with Crippen molar-refractivity contribution < 1.29 is 9.26 Å². The smallest absolute Gasteiger partial charge is 0.241 e. The highest BCUT2D eigenvalue weighted by Gasteiger charge is 2.23. The van der Waals surface area contributed by atoms with E-state index in [1.165, 1.54) is 0 Å². The zero-order valence-corrected chi connectivity index (χ0v) is 16.6. The van der Waals surface area contributed by atoms with Crippen LogP contribution in [0, 0.1) is 22.7 Å². The largest absolute Gasteiger partial charge is 0.497 e. The van der Waals surface area contributed by atoms with Crippen LogP contribution in [0.4, 0.5) is 5.69 Å². The van der Waals surface area contributed by atoms with Crippen LogP contribution in [0.3, 0.4) is 0 Å². The van der Waals surface area contributed by atoms with Crippen molar-refractivity contribution in [3.63, 3.8) is 0 Å². The molecular weight excluding hydrogens is 380 g/mol. The number of hydrogen-bond acceptors (Lipinski definition) is 8. The molecule has 3 aromatic rings. The summed E-state index contributed by atoms with van der Waals surface area (Å²) in [6.07, 6.45) is 0. The molecule has 0 radical (unpaired) electrons. The molecule has 1 fully saturated rings. The third-order valence-corrected chi connectivity index (χ3v) is 5.14. The highest BCUT2D eigenvalue weighted by atomic mass is 16.5. The van der Waals surface area contributed by atoms with Gasteiger partial charge in [-0.1, -0.05) is 11.2 Å². The predicted molar refractivity (Wildman–Crippen MR) is 110 cm³/mol. The predicted octanol–water partition coefficient (Wildman–Crippen LogP) is 2.81. The summed E-state index contributed by atoms with van der Waals surface area (Å²) in [5.41, 5.74) is 2.65. The van der Waals surface area contributed by atoms with Gasteiger partial charge in [0.15, 0.2) is 0 Å². The lowest BCUT2D eigenvalue weighted by atomic mass is 10.1. The van der Waals surface area contributed by atoms with Gasteiger partial charge in [-0.05, 0) is 36.4 Å². The lowest BCUT2D eigenvalue weighted by Crippen LogP contribution is -2.46. The fraction of sp³-hybridized carbons (Fsp3) is 0.273. The molecule has 0 spiro atoms. The molecule has 0 N–H and O–H groups in total. The lowest BCUT2D eigenvalue weighted by molar-refractivity contribution is 0.215. The molecule has 1 aliphatic heterocycles. The fourth-order valence-electron chi connectivity index (χ4n) is 3.56. The fourth-order valence-corrected chi connectivity index (χ4v) is 3.56. The van der Waals surface area contributed by atoms with E-state index in [-0.39, 0.29) is 0 Å². The molecule has 0 aliphatic carbocycles. The second kappa shape index (κ2) is 8.64. The van der Waals surface area contributed by atoms with Gasteiger partial charge in [0.1, 0.15) is 17.9 Å². The number of nitriles is 2. The van der Waals surface area contributed by atoms with Crippen LogP contribution < -0.4 is 9.64 Å². The Morgan fingerprint density at radius 2 is 1.67 bits per heavy atom. The Morgan fingerprint density at radius 3 is 2.27 bits per heavy atom. The molecule has 8 heteroatoms. The van der Waals surface area contributed by atoms with Crippen LogP contribution in [0.2, 0.25) is 0 Å². The normalized spacial score (nSPS) is 14.2. The third-order valence-electron chi connectivity index (χ3n) is 5.14. The van der Waals surface area contributed by atoms with Gasteiger partial charge in [-0.15, -0.1) is 0 Å². The molecule has 150 valence electrons. The molecule has 0 saturated carbocycles. The summed E-state index contributed by atoms with van der Waals surface area (Å²) in [7, 11) is 1.63. The molecule has 0 unspecified atom stereocenters. The minimum Gasteiger partial charge on any atom is -0.497 e. The van der Waals surface area contributed by atoms with E-state index >= 15 is 0 Å². The summed E-state index contributed by atoms with van der Waals surface area (Å²) in [6, 6.07) is 17.1. The van der Waals surface area contributed by atoms with Crippen LogP contribution in [0.1, 0.15) is 17.0 Å². The van der Waals surface area contributed by atoms with E-state index in [1.54, 1.807) is 25.3 Å². The molecule has 0 bridgehead atoms. The van der Waals surface area contributed by atoms with Crippen molar-refractivity contribution >= 4 is 5.69 Å². The maximum absolute atomic E-state index is 9.41. The van der Waals surface area contributed by atoms with Crippen LogP contribution in [0.25, 0.3) is 11.4 Å². The second-order valence-corrected chi connectivity index (χ2v) is 6.93. The maximum atomic E-state index is 9.41. The number of para-hydroxylation sites is 1. The van der Waals surface area contributed by atoms with Gasteiger partial charge in [0.25, 0.3) is 0 Å². The van der Waals surface area contributed by atoms with Gasteiger partial charge in [0.2, 0.25) is 11.7 Å². The summed E-state index contributed by atoms with van der Waals surface area (Å²) >= 11 is 0. The molecule has 30 heavy (non-hydrogen) atoms. The topological polar surface area (TPSA) is 102 Å². The number of benzene rings is 2. The van der Waals surface area contributed by atoms with Crippen molar-refractivity contribution in [1.29, 1.82) is 10.5 Å². The van der Waals surface area contributed by atoms with E-state index in [9.17, 15) is 10.5 Å². The Labute approximate surface area is 174 Å². The SMILES string of the molecule is COc1ccc(-c2noc(CN3CCN(c4c(C#N)cccc4C#N)CC3)n2)cc1. The summed E-state index contributed by atoms with van der Waals surface area (Å²) in [4.78, 5) is 8.83. The summed E-state index contributed by atoms with van der Waals surface area (Å²) in [5.74, 6) is 1.88. The molecule has 8 nitrogen and oxygen atoms in total. The minimum absolute atomic E-state index is 0.531. The summed E-state index contributed by atoms with van der Waals surface area (Å²) in [5, 5.41) is 22.9. The second-order valence-electron chi connectivity index (χ2n) is 6.93. The van der Waals surface area contributed by atoms with Gasteiger partial charge in [0.05, 0.1) is 30.5 Å². The molecule has 2 aromatic carbocycles. The Kier molecular flexibility index (Phi) is 5.60. The number of rotatable bonds is 5. The quantitative estimate of drug-likeness (QED) is 0.644. The monoisotopic (exact) mass is 400 g/mol. The molecule has 4 rings (SSSR count). The third kappa shape index (κ3) is 3.95. The minimum atomic E-state index is 0.531. The van der Waals surface area contributed by atoms with E-state index in [2.05, 4.69) is 32.1 Å². The van der Waals surface area contributed by atoms with E-state index < -0.39 is 0 Å². The van der Waals surface area contributed by atoms with Crippen LogP contribution in [-0.2, 0) is 6.54 Å². The van der Waals surface area contributed by atoms with Gasteiger partial charge in [-0.25, -0.2) is 0 Å². The van der Waals surface area contributed by atoms with Gasteiger partial charge < -0.3 is 14.2 Å². The van der Waals surface area contributed by atoms with E-state index in [1.807, 2.05) is 24.3 Å². The molecule has 2 heterocycles. The molecule has 0 atom stereocenters. The molecule has 0 amide bonds. The van der Waals surface area contributed by atoms with Crippen molar-refractivity contribution in [3.8, 4) is 29.3 Å². The number of anilines is 1. The van der Waals surface area contributed by atoms with Crippen LogP contribution >= 0.6 is 0 Å². The zero-order valence-electron chi connectivity index (χ0n) is 16.6. The number of piperazine rings is 1. The highest BCUT2D eigenvalue weighted by molar-refractivity contribution is 5.68. The van der Waals surface area contributed by atoms with E-state index in [0.29, 0.717) is 42.5 Å². The average molecular weight is 400 g/mol. The number of ether oxygens (including phenoxy) is 1. The van der Waals surface area contributed by atoms with E-state index in [0.717, 1.165) is 30.1 Å². The van der Waals surface area contributed by atoms with Crippen molar-refractivity contribution in [3.05, 3.63) is 59.5 Å². The molecular formula is C22H20N6O2. The summed E-state index contributed by atoms with van der Waals surface area (Å²) < 4.78 is 10.6. The highest BCUT2D eigenvalue weighted by Crippen LogP contribution is 2.26. The standard InChI is InChI=1S/C22H20N6O2/c1-29-19-7-5-16(6-8-19)22-25-20(30-26-22)15-27-9-11-28(12-10-27)21-17(13-23)3-2-4-18(21)14-24/h2-8H,9-12,15H2,1H3. The first-order valence-corrected chi connectivity index (χ1v) is 9.59. The van der Waals surface area contributed by atoms with Crippen LogP contribution in [0.15, 0.2) is 47.0 Å². The molecule has 1 saturated heterocycles. The van der Waals surface area contributed by atoms with E-state index in [4.69, 9.17) is 9.26 Å². The number of methoxy groups -OCH3 is 1. The van der Waals surface area contributed by atoms with Gasteiger partial charge >= 0.3 is 0 Å². The Morgan fingerprint density at radius 1 is 1.00 bits per heavy atom. The molecule has 1 aliphatic rings. The zero-order chi connectivity index (χ0) is 20.9.